The molecular formula is C19H17ClFN3O3S3. The Bertz CT molecular complexity index is 1180. The van der Waals surface area contributed by atoms with Crippen molar-refractivity contribution in [3.8, 4) is 10.4 Å². The van der Waals surface area contributed by atoms with E-state index >= 15 is 0 Å². The maximum Gasteiger partial charge on any atom is 0.280 e. The van der Waals surface area contributed by atoms with Gasteiger partial charge in [0.2, 0.25) is 5.91 Å². The first-order valence-corrected chi connectivity index (χ1v) is 12.5. The Kier molecular flexibility index (Phi) is 5.97. The summed E-state index contributed by atoms with van der Waals surface area (Å²) in [5.41, 5.74) is 1.31. The molecule has 1 aliphatic heterocycles. The SMILES string of the molecule is CN1C(C(=O)Nc2ccc(F)c(Cl)c2)CC(c2cc(-c3cccs3)cs2)NS1(=O)=O. The van der Waals surface area contributed by atoms with Gasteiger partial charge < -0.3 is 5.32 Å². The first-order chi connectivity index (χ1) is 14.2. The van der Waals surface area contributed by atoms with Crippen LogP contribution < -0.4 is 10.0 Å². The molecule has 0 bridgehead atoms. The molecule has 158 valence electrons. The van der Waals surface area contributed by atoms with Gasteiger partial charge in [-0.1, -0.05) is 17.7 Å². The van der Waals surface area contributed by atoms with E-state index in [9.17, 15) is 17.6 Å². The monoisotopic (exact) mass is 485 g/mol. The Morgan fingerprint density at radius 2 is 2.10 bits per heavy atom. The second kappa shape index (κ2) is 8.37. The lowest BCUT2D eigenvalue weighted by Gasteiger charge is -2.35. The molecule has 0 spiro atoms. The number of hydrogen-bond donors (Lipinski definition) is 2. The number of likely N-dealkylation sites (N-methyl/N-ethyl adjacent to an activating group) is 1. The van der Waals surface area contributed by atoms with Gasteiger partial charge in [-0.25, -0.2) is 4.39 Å². The van der Waals surface area contributed by atoms with Crippen LogP contribution in [0.5, 0.6) is 0 Å². The molecule has 0 saturated carbocycles. The molecule has 2 N–H and O–H groups in total. The average molecular weight is 486 g/mol. The van der Waals surface area contributed by atoms with E-state index in [1.54, 1.807) is 11.3 Å². The molecule has 3 heterocycles. The van der Waals surface area contributed by atoms with Crippen molar-refractivity contribution in [1.82, 2.24) is 9.03 Å². The van der Waals surface area contributed by atoms with Crippen LogP contribution >= 0.6 is 34.3 Å². The highest BCUT2D eigenvalue weighted by molar-refractivity contribution is 7.87. The molecule has 1 fully saturated rings. The highest BCUT2D eigenvalue weighted by atomic mass is 35.5. The zero-order valence-corrected chi connectivity index (χ0v) is 18.8. The van der Waals surface area contributed by atoms with E-state index in [0.717, 1.165) is 25.7 Å². The van der Waals surface area contributed by atoms with Crippen LogP contribution in [0.4, 0.5) is 10.1 Å². The van der Waals surface area contributed by atoms with E-state index in [4.69, 9.17) is 11.6 Å². The number of nitrogens with zero attached hydrogens (tertiary/aromatic N) is 1. The third-order valence-corrected chi connectivity index (χ3v) is 8.68. The Morgan fingerprint density at radius 3 is 2.80 bits per heavy atom. The summed E-state index contributed by atoms with van der Waals surface area (Å²) in [5, 5.41) is 6.46. The number of thiophene rings is 2. The number of rotatable bonds is 4. The molecule has 1 saturated heterocycles. The summed E-state index contributed by atoms with van der Waals surface area (Å²) in [6.07, 6.45) is 0.251. The fraction of sp³-hybridized carbons (Fsp3) is 0.211. The van der Waals surface area contributed by atoms with Crippen molar-refractivity contribution in [3.05, 3.63) is 62.9 Å². The van der Waals surface area contributed by atoms with Gasteiger partial charge in [-0.2, -0.15) is 17.4 Å². The van der Waals surface area contributed by atoms with Crippen molar-refractivity contribution < 1.29 is 17.6 Å². The number of hydrogen-bond acceptors (Lipinski definition) is 5. The van der Waals surface area contributed by atoms with Crippen molar-refractivity contribution in [1.29, 1.82) is 0 Å². The molecule has 11 heteroatoms. The Balaban J connectivity index is 1.57. The molecule has 1 aliphatic rings. The summed E-state index contributed by atoms with van der Waals surface area (Å²) in [6.45, 7) is 0. The van der Waals surface area contributed by atoms with Gasteiger partial charge in [-0.15, -0.1) is 22.7 Å². The van der Waals surface area contributed by atoms with Gasteiger partial charge in [-0.3, -0.25) is 4.79 Å². The Morgan fingerprint density at radius 1 is 1.30 bits per heavy atom. The molecule has 3 aromatic rings. The Labute approximate surface area is 186 Å². The van der Waals surface area contributed by atoms with E-state index in [2.05, 4.69) is 10.0 Å². The molecule has 0 aliphatic carbocycles. The lowest BCUT2D eigenvalue weighted by molar-refractivity contribution is -0.120. The Hall–Kier alpha value is -1.82. The molecule has 2 atom stereocenters. The molecule has 0 radical (unpaired) electrons. The predicted octanol–water partition coefficient (Wildman–Crippen LogP) is 4.49. The minimum Gasteiger partial charge on any atom is -0.325 e. The second-order valence-corrected chi connectivity index (χ2v) is 10.8. The van der Waals surface area contributed by atoms with Gasteiger partial charge in [0.25, 0.3) is 10.2 Å². The van der Waals surface area contributed by atoms with Crippen molar-refractivity contribution in [2.24, 2.45) is 0 Å². The highest BCUT2D eigenvalue weighted by Crippen LogP contribution is 2.36. The average Bonchev–Trinajstić information content (AvgIpc) is 3.38. The second-order valence-electron chi connectivity index (χ2n) is 6.78. The van der Waals surface area contributed by atoms with Gasteiger partial charge in [0, 0.05) is 28.1 Å². The zero-order valence-electron chi connectivity index (χ0n) is 15.6. The summed E-state index contributed by atoms with van der Waals surface area (Å²) in [4.78, 5) is 14.8. The van der Waals surface area contributed by atoms with Crippen LogP contribution in [0, 0.1) is 5.82 Å². The molecule has 1 amide bonds. The number of carbonyl (C=O) groups is 1. The third kappa shape index (κ3) is 4.29. The summed E-state index contributed by atoms with van der Waals surface area (Å²) < 4.78 is 42.3. The standard InChI is InChI=1S/C19H17ClFN3O3S3/c1-24-16(19(25)22-12-4-5-14(21)13(20)8-12)9-15(23-30(24,26)27)18-7-11(10-29-18)17-3-2-6-28-17/h2-8,10,15-16,23H,9H2,1H3,(H,22,25). The van der Waals surface area contributed by atoms with Gasteiger partial charge in [0.15, 0.2) is 0 Å². The minimum atomic E-state index is -3.86. The van der Waals surface area contributed by atoms with E-state index < -0.39 is 34.0 Å². The van der Waals surface area contributed by atoms with Gasteiger partial charge >= 0.3 is 0 Å². The van der Waals surface area contributed by atoms with E-state index in [0.29, 0.717) is 5.69 Å². The fourth-order valence-electron chi connectivity index (χ4n) is 3.20. The number of carbonyl (C=O) groups excluding carboxylic acids is 1. The molecule has 6 nitrogen and oxygen atoms in total. The molecular weight excluding hydrogens is 469 g/mol. The third-order valence-electron chi connectivity index (χ3n) is 4.83. The van der Waals surface area contributed by atoms with Gasteiger partial charge in [0.1, 0.15) is 11.9 Å². The maximum atomic E-state index is 13.4. The highest BCUT2D eigenvalue weighted by Gasteiger charge is 2.41. The first-order valence-electron chi connectivity index (χ1n) is 8.88. The van der Waals surface area contributed by atoms with Crippen molar-refractivity contribution in [3.63, 3.8) is 0 Å². The van der Waals surface area contributed by atoms with Crippen molar-refractivity contribution >= 4 is 56.1 Å². The van der Waals surface area contributed by atoms with Crippen LogP contribution in [-0.2, 0) is 15.0 Å². The molecule has 1 aromatic carbocycles. The number of benzene rings is 1. The summed E-state index contributed by atoms with van der Waals surface area (Å²) in [7, 11) is -2.51. The fourth-order valence-corrected chi connectivity index (χ4v) is 6.49. The molecule has 2 aromatic heterocycles. The quantitative estimate of drug-likeness (QED) is 0.571. The van der Waals surface area contributed by atoms with Gasteiger partial charge in [0.05, 0.1) is 11.1 Å². The van der Waals surface area contributed by atoms with Crippen molar-refractivity contribution in [2.75, 3.05) is 12.4 Å². The predicted molar refractivity (Wildman–Crippen MR) is 119 cm³/mol. The number of halogens is 2. The lowest BCUT2D eigenvalue weighted by Crippen LogP contribution is -2.55. The number of nitrogens with one attached hydrogen (secondary N) is 2. The molecule has 30 heavy (non-hydrogen) atoms. The number of amides is 1. The minimum absolute atomic E-state index is 0.128. The van der Waals surface area contributed by atoms with Crippen LogP contribution in [0.1, 0.15) is 17.3 Å². The topological polar surface area (TPSA) is 78.5 Å². The van der Waals surface area contributed by atoms with Crippen LogP contribution in [0.3, 0.4) is 0 Å². The summed E-state index contributed by atoms with van der Waals surface area (Å²) in [6, 6.07) is 8.24. The van der Waals surface area contributed by atoms with E-state index in [1.165, 1.54) is 30.5 Å². The maximum absolute atomic E-state index is 13.4. The van der Waals surface area contributed by atoms with Crippen LogP contribution in [0.15, 0.2) is 47.2 Å². The largest absolute Gasteiger partial charge is 0.325 e. The number of anilines is 1. The zero-order chi connectivity index (χ0) is 21.5. The van der Waals surface area contributed by atoms with Crippen molar-refractivity contribution in [2.45, 2.75) is 18.5 Å². The molecule has 4 rings (SSSR count). The van der Waals surface area contributed by atoms with Crippen LogP contribution in [0.25, 0.3) is 10.4 Å². The summed E-state index contributed by atoms with van der Waals surface area (Å²) in [5.74, 6) is -1.11. The van der Waals surface area contributed by atoms with E-state index in [-0.39, 0.29) is 11.4 Å². The normalized spacial score (nSPS) is 21.4. The first kappa shape index (κ1) is 21.4. The van der Waals surface area contributed by atoms with Crippen LogP contribution in [-0.4, -0.2) is 31.7 Å². The summed E-state index contributed by atoms with van der Waals surface area (Å²) >= 11 is 8.82. The smallest absolute Gasteiger partial charge is 0.280 e. The lowest BCUT2D eigenvalue weighted by atomic mass is 10.0. The molecule has 2 unspecified atom stereocenters. The van der Waals surface area contributed by atoms with Gasteiger partial charge in [-0.05, 0) is 47.5 Å². The van der Waals surface area contributed by atoms with Crippen LogP contribution in [0.2, 0.25) is 5.02 Å². The van der Waals surface area contributed by atoms with E-state index in [1.807, 2.05) is 29.0 Å².